The molecule has 0 saturated carbocycles. The van der Waals surface area contributed by atoms with Crippen molar-refractivity contribution < 1.29 is 23.0 Å². The fourth-order valence-electron chi connectivity index (χ4n) is 3.54. The Hall–Kier alpha value is -1.15. The number of nitrogens with zero attached hydrogens (tertiary/aromatic N) is 2. The molecule has 1 N–H and O–H groups in total. The van der Waals surface area contributed by atoms with Crippen molar-refractivity contribution in [1.82, 2.24) is 9.80 Å². The SMILES string of the molecule is O[C@@H]1COC[C@H]1N1CCCN(Cc2ccccc2C(F)(F)F)CC1. The number of ether oxygens (including phenoxy) is 1. The summed E-state index contributed by atoms with van der Waals surface area (Å²) in [5, 5.41) is 9.95. The summed E-state index contributed by atoms with van der Waals surface area (Å²) >= 11 is 0. The Labute approximate surface area is 139 Å². The van der Waals surface area contributed by atoms with Gasteiger partial charge in [0, 0.05) is 19.6 Å². The summed E-state index contributed by atoms with van der Waals surface area (Å²) in [6, 6.07) is 5.79. The largest absolute Gasteiger partial charge is 0.416 e. The number of aliphatic hydroxyl groups is 1. The number of alkyl halides is 3. The first-order valence-electron chi connectivity index (χ1n) is 8.32. The fourth-order valence-corrected chi connectivity index (χ4v) is 3.54. The van der Waals surface area contributed by atoms with Crippen LogP contribution in [0.5, 0.6) is 0 Å². The number of hydrogen-bond donors (Lipinski definition) is 1. The predicted molar refractivity (Wildman–Crippen MR) is 83.5 cm³/mol. The standard InChI is InChI=1S/C17H23F3N2O2/c18-17(19,20)14-5-2-1-4-13(14)10-21-6-3-7-22(9-8-21)15-11-24-12-16(15)23/h1-2,4-5,15-16,23H,3,6-12H2/t15-,16-/m1/s1. The summed E-state index contributed by atoms with van der Waals surface area (Å²) < 4.78 is 44.7. The van der Waals surface area contributed by atoms with Crippen molar-refractivity contribution in [2.24, 2.45) is 0 Å². The van der Waals surface area contributed by atoms with Crippen LogP contribution in [0.3, 0.4) is 0 Å². The monoisotopic (exact) mass is 344 g/mol. The Morgan fingerprint density at radius 1 is 1.08 bits per heavy atom. The zero-order chi connectivity index (χ0) is 17.2. The van der Waals surface area contributed by atoms with Crippen LogP contribution in [0.1, 0.15) is 17.5 Å². The summed E-state index contributed by atoms with van der Waals surface area (Å²) in [6.07, 6.45) is -3.92. The van der Waals surface area contributed by atoms with Gasteiger partial charge in [-0.3, -0.25) is 9.80 Å². The molecule has 2 aliphatic rings. The van der Waals surface area contributed by atoms with Crippen LogP contribution in [-0.4, -0.2) is 66.4 Å². The molecule has 3 rings (SSSR count). The molecule has 2 heterocycles. The van der Waals surface area contributed by atoms with Gasteiger partial charge in [-0.05, 0) is 31.1 Å². The minimum atomic E-state index is -4.32. The van der Waals surface area contributed by atoms with Gasteiger partial charge in [0.1, 0.15) is 0 Å². The van der Waals surface area contributed by atoms with Gasteiger partial charge in [-0.25, -0.2) is 0 Å². The summed E-state index contributed by atoms with van der Waals surface area (Å²) in [6.45, 7) is 4.21. The average Bonchev–Trinajstić information content (AvgIpc) is 2.82. The minimum Gasteiger partial charge on any atom is -0.389 e. The van der Waals surface area contributed by atoms with Crippen LogP contribution < -0.4 is 0 Å². The molecular formula is C17H23F3N2O2. The van der Waals surface area contributed by atoms with Gasteiger partial charge in [0.25, 0.3) is 0 Å². The van der Waals surface area contributed by atoms with Crippen LogP contribution in [0.15, 0.2) is 24.3 Å². The third-order valence-corrected chi connectivity index (χ3v) is 4.83. The molecule has 0 radical (unpaired) electrons. The van der Waals surface area contributed by atoms with Gasteiger partial charge >= 0.3 is 6.18 Å². The van der Waals surface area contributed by atoms with E-state index in [1.54, 1.807) is 12.1 Å². The van der Waals surface area contributed by atoms with Gasteiger partial charge in [-0.2, -0.15) is 13.2 Å². The van der Waals surface area contributed by atoms with Gasteiger partial charge in [0.05, 0.1) is 30.9 Å². The number of rotatable bonds is 3. The normalized spacial score (nSPS) is 27.3. The van der Waals surface area contributed by atoms with Gasteiger partial charge in [-0.15, -0.1) is 0 Å². The van der Waals surface area contributed by atoms with Crippen molar-refractivity contribution in [1.29, 1.82) is 0 Å². The van der Waals surface area contributed by atoms with E-state index in [1.165, 1.54) is 6.07 Å². The Morgan fingerprint density at radius 3 is 2.58 bits per heavy atom. The second-order valence-electron chi connectivity index (χ2n) is 6.49. The Balaban J connectivity index is 1.63. The Bertz CT molecular complexity index is 553. The van der Waals surface area contributed by atoms with Crippen molar-refractivity contribution in [3.05, 3.63) is 35.4 Å². The van der Waals surface area contributed by atoms with Crippen molar-refractivity contribution in [2.75, 3.05) is 39.4 Å². The van der Waals surface area contributed by atoms with E-state index < -0.39 is 17.8 Å². The maximum atomic E-state index is 13.1. The molecule has 0 spiro atoms. The van der Waals surface area contributed by atoms with E-state index in [-0.39, 0.29) is 6.04 Å². The van der Waals surface area contributed by atoms with E-state index in [1.807, 2.05) is 0 Å². The van der Waals surface area contributed by atoms with E-state index in [9.17, 15) is 18.3 Å². The molecule has 24 heavy (non-hydrogen) atoms. The number of benzene rings is 1. The molecule has 2 saturated heterocycles. The van der Waals surface area contributed by atoms with Crippen LogP contribution in [0.4, 0.5) is 13.2 Å². The molecule has 134 valence electrons. The van der Waals surface area contributed by atoms with E-state index in [0.29, 0.717) is 31.9 Å². The van der Waals surface area contributed by atoms with Crippen molar-refractivity contribution in [3.8, 4) is 0 Å². The molecule has 0 aromatic heterocycles. The molecule has 1 aromatic carbocycles. The number of hydrogen-bond acceptors (Lipinski definition) is 4. The fraction of sp³-hybridized carbons (Fsp3) is 0.647. The highest BCUT2D eigenvalue weighted by Gasteiger charge is 2.34. The summed E-state index contributed by atoms with van der Waals surface area (Å²) in [5.41, 5.74) is -0.228. The van der Waals surface area contributed by atoms with Crippen LogP contribution in [-0.2, 0) is 17.5 Å². The molecule has 0 bridgehead atoms. The van der Waals surface area contributed by atoms with E-state index in [0.717, 1.165) is 32.1 Å². The first-order valence-corrected chi connectivity index (χ1v) is 8.32. The Kier molecular flexibility index (Phi) is 5.44. The molecule has 0 amide bonds. The predicted octanol–water partition coefficient (Wildman–Crippen LogP) is 1.97. The highest BCUT2D eigenvalue weighted by atomic mass is 19.4. The lowest BCUT2D eigenvalue weighted by Crippen LogP contribution is -2.44. The molecule has 2 fully saturated rings. The van der Waals surface area contributed by atoms with Crippen LogP contribution in [0, 0.1) is 0 Å². The first kappa shape index (κ1) is 17.7. The Morgan fingerprint density at radius 2 is 1.88 bits per heavy atom. The average molecular weight is 344 g/mol. The van der Waals surface area contributed by atoms with E-state index in [4.69, 9.17) is 4.74 Å². The first-order chi connectivity index (χ1) is 11.4. The number of halogens is 3. The third kappa shape index (κ3) is 4.08. The minimum absolute atomic E-state index is 0.00686. The van der Waals surface area contributed by atoms with Crippen LogP contribution >= 0.6 is 0 Å². The highest BCUT2D eigenvalue weighted by molar-refractivity contribution is 5.29. The zero-order valence-electron chi connectivity index (χ0n) is 13.5. The second kappa shape index (κ2) is 7.39. The lowest BCUT2D eigenvalue weighted by atomic mass is 10.1. The van der Waals surface area contributed by atoms with Gasteiger partial charge < -0.3 is 9.84 Å². The van der Waals surface area contributed by atoms with Crippen molar-refractivity contribution >= 4 is 0 Å². The molecule has 2 atom stereocenters. The van der Waals surface area contributed by atoms with Gasteiger partial charge in [0.2, 0.25) is 0 Å². The lowest BCUT2D eigenvalue weighted by molar-refractivity contribution is -0.138. The van der Waals surface area contributed by atoms with E-state index >= 15 is 0 Å². The third-order valence-electron chi connectivity index (χ3n) is 4.83. The highest BCUT2D eigenvalue weighted by Crippen LogP contribution is 2.32. The topological polar surface area (TPSA) is 35.9 Å². The lowest BCUT2D eigenvalue weighted by Gasteiger charge is -2.28. The zero-order valence-corrected chi connectivity index (χ0v) is 13.5. The molecule has 4 nitrogen and oxygen atoms in total. The number of aliphatic hydroxyl groups excluding tert-OH is 1. The van der Waals surface area contributed by atoms with Crippen molar-refractivity contribution in [2.45, 2.75) is 31.3 Å². The summed E-state index contributed by atoms with van der Waals surface area (Å²) in [7, 11) is 0. The summed E-state index contributed by atoms with van der Waals surface area (Å²) in [4.78, 5) is 4.26. The molecule has 2 aliphatic heterocycles. The smallest absolute Gasteiger partial charge is 0.389 e. The van der Waals surface area contributed by atoms with Crippen molar-refractivity contribution in [3.63, 3.8) is 0 Å². The van der Waals surface area contributed by atoms with Gasteiger partial charge in [-0.1, -0.05) is 18.2 Å². The molecular weight excluding hydrogens is 321 g/mol. The van der Waals surface area contributed by atoms with E-state index in [2.05, 4.69) is 9.80 Å². The molecule has 0 unspecified atom stereocenters. The molecule has 7 heteroatoms. The maximum Gasteiger partial charge on any atom is 0.416 e. The van der Waals surface area contributed by atoms with Crippen LogP contribution in [0.25, 0.3) is 0 Å². The summed E-state index contributed by atoms with van der Waals surface area (Å²) in [5.74, 6) is 0. The second-order valence-corrected chi connectivity index (χ2v) is 6.49. The van der Waals surface area contributed by atoms with Gasteiger partial charge in [0.15, 0.2) is 0 Å². The van der Waals surface area contributed by atoms with Crippen LogP contribution in [0.2, 0.25) is 0 Å². The quantitative estimate of drug-likeness (QED) is 0.910. The maximum absolute atomic E-state index is 13.1. The molecule has 1 aromatic rings. The molecule has 0 aliphatic carbocycles.